The topological polar surface area (TPSA) is 68.3 Å². The van der Waals surface area contributed by atoms with Gasteiger partial charge in [-0.15, -0.1) is 0 Å². The Morgan fingerprint density at radius 1 is 0.789 bits per heavy atom. The summed E-state index contributed by atoms with van der Waals surface area (Å²) in [5.74, 6) is -2.48. The van der Waals surface area contributed by atoms with Gasteiger partial charge < -0.3 is 4.74 Å². The van der Waals surface area contributed by atoms with Gasteiger partial charge in [0, 0.05) is 31.8 Å². The summed E-state index contributed by atoms with van der Waals surface area (Å²) < 4.78 is 6.19. The number of hydrogen-bond acceptors (Lipinski definition) is 6. The molecule has 0 radical (unpaired) electrons. The van der Waals surface area contributed by atoms with Gasteiger partial charge in [-0.25, -0.2) is 4.84 Å². The summed E-state index contributed by atoms with van der Waals surface area (Å²) in [6.07, 6.45) is 1.39. The van der Waals surface area contributed by atoms with E-state index in [4.69, 9.17) is 14.4 Å². The van der Waals surface area contributed by atoms with E-state index in [0.29, 0.717) is 18.5 Å². The minimum atomic E-state index is -1.09. The Labute approximate surface area is 221 Å². The molecule has 0 N–H and O–H groups in total. The monoisotopic (exact) mass is 510 g/mol. The smallest absolute Gasteiger partial charge is 0.237 e. The zero-order valence-electron chi connectivity index (χ0n) is 21.2. The first kappa shape index (κ1) is 23.7. The number of ether oxygens (including phenoxy) is 1. The number of hydroxylamine groups is 2. The molecule has 0 aromatic heterocycles. The third kappa shape index (κ3) is 3.57. The second-order valence-electron chi connectivity index (χ2n) is 10.7. The van der Waals surface area contributed by atoms with Gasteiger partial charge in [0.2, 0.25) is 11.8 Å². The van der Waals surface area contributed by atoms with Crippen molar-refractivity contribution in [1.82, 2.24) is 5.23 Å². The highest BCUT2D eigenvalue weighted by Crippen LogP contribution is 2.59. The average Bonchev–Trinajstić information content (AvgIpc) is 3.49. The zero-order chi connectivity index (χ0) is 25.9. The molecule has 7 nitrogen and oxygen atoms in total. The predicted octanol–water partition coefficient (Wildman–Crippen LogP) is 5.02. The Kier molecular flexibility index (Phi) is 5.70. The number of para-hydroxylation sites is 1. The average molecular weight is 511 g/mol. The molecular weight excluding hydrogens is 480 g/mol. The Balaban J connectivity index is 1.28. The van der Waals surface area contributed by atoms with Gasteiger partial charge >= 0.3 is 0 Å². The van der Waals surface area contributed by atoms with Gasteiger partial charge in [-0.05, 0) is 29.7 Å². The molecule has 3 saturated heterocycles. The molecular formula is C31H30N2O5. The summed E-state index contributed by atoms with van der Waals surface area (Å²) in [7, 11) is 1.64. The molecule has 1 saturated carbocycles. The van der Waals surface area contributed by atoms with Crippen LogP contribution in [0.5, 0.6) is 0 Å². The molecule has 0 spiro atoms. The predicted molar refractivity (Wildman–Crippen MR) is 139 cm³/mol. The Bertz CT molecular complexity index is 1340. The van der Waals surface area contributed by atoms with Crippen molar-refractivity contribution in [2.45, 2.75) is 43.1 Å². The van der Waals surface area contributed by atoms with Crippen molar-refractivity contribution >= 4 is 17.5 Å². The largest absolute Gasteiger partial charge is 0.351 e. The number of methoxy groups -OCH3 is 1. The number of fused-ring (bicyclic) bond motifs is 3. The van der Waals surface area contributed by atoms with E-state index in [1.165, 1.54) is 4.90 Å². The van der Waals surface area contributed by atoms with Crippen molar-refractivity contribution in [2.75, 3.05) is 12.0 Å². The van der Waals surface area contributed by atoms with E-state index in [1.807, 2.05) is 66.7 Å². The molecule has 2 amide bonds. The number of amides is 2. The first-order valence-electron chi connectivity index (χ1n) is 13.3. The lowest BCUT2D eigenvalue weighted by atomic mass is 9.63. The maximum Gasteiger partial charge on any atom is 0.237 e. The molecule has 1 aliphatic carbocycles. The van der Waals surface area contributed by atoms with Gasteiger partial charge in [0.25, 0.3) is 0 Å². The van der Waals surface area contributed by atoms with Crippen molar-refractivity contribution < 1.29 is 24.0 Å². The molecule has 194 valence electrons. The molecule has 38 heavy (non-hydrogen) atoms. The van der Waals surface area contributed by atoms with Crippen LogP contribution in [0.4, 0.5) is 5.69 Å². The van der Waals surface area contributed by atoms with Crippen LogP contribution in [0, 0.1) is 17.8 Å². The third-order valence-corrected chi connectivity index (χ3v) is 8.90. The molecule has 2 unspecified atom stereocenters. The Morgan fingerprint density at radius 2 is 1.39 bits per heavy atom. The zero-order valence-corrected chi connectivity index (χ0v) is 21.2. The van der Waals surface area contributed by atoms with Crippen LogP contribution in [0.15, 0.2) is 91.0 Å². The first-order chi connectivity index (χ1) is 18.6. The number of carbonyl (C=O) groups excluding carboxylic acids is 2. The summed E-state index contributed by atoms with van der Waals surface area (Å²) in [5, 5.41) is 1.63. The molecule has 3 aliphatic heterocycles. The number of carbonyl (C=O) groups is 2. The molecule has 0 bridgehead atoms. The first-order valence-corrected chi connectivity index (χ1v) is 13.3. The summed E-state index contributed by atoms with van der Waals surface area (Å²) in [4.78, 5) is 41.7. The van der Waals surface area contributed by atoms with Gasteiger partial charge in [-0.3, -0.25) is 19.3 Å². The third-order valence-electron chi connectivity index (χ3n) is 8.90. The maximum absolute atomic E-state index is 13.7. The van der Waals surface area contributed by atoms with E-state index >= 15 is 0 Å². The number of anilines is 1. The van der Waals surface area contributed by atoms with Gasteiger partial charge in [0.15, 0.2) is 5.79 Å². The summed E-state index contributed by atoms with van der Waals surface area (Å²) in [6.45, 7) is 0. The molecule has 4 aliphatic rings. The Morgan fingerprint density at radius 3 is 2.05 bits per heavy atom. The number of imide groups is 1. The fraction of sp³-hybridized carbons (Fsp3) is 0.355. The van der Waals surface area contributed by atoms with Crippen molar-refractivity contribution in [3.05, 3.63) is 102 Å². The maximum atomic E-state index is 13.7. The lowest BCUT2D eigenvalue weighted by molar-refractivity contribution is -0.493. The van der Waals surface area contributed by atoms with E-state index in [1.54, 1.807) is 12.3 Å². The van der Waals surface area contributed by atoms with Crippen LogP contribution in [0.3, 0.4) is 0 Å². The van der Waals surface area contributed by atoms with Crippen LogP contribution in [-0.4, -0.2) is 36.0 Å². The fourth-order valence-electron chi connectivity index (χ4n) is 7.15. The standard InChI is InChI=1S/C31H30N2O5/c1-36-31-19-24-23(29(34)32(30(24)35)22-15-9-4-10-16-22)17-25(31)28(21-13-7-3-8-14-21)26-18-27(37-33(26)38-31)20-11-5-2-6-12-20/h2-16,23-28H,17-19H2,1H3/t23-,24+,25-,26?,27?,28-,31-/m0/s1. The second-order valence-corrected chi connectivity index (χ2v) is 10.7. The van der Waals surface area contributed by atoms with E-state index in [2.05, 4.69) is 24.3 Å². The number of nitrogens with zero attached hydrogens (tertiary/aromatic N) is 2. The summed E-state index contributed by atoms with van der Waals surface area (Å²) in [5.41, 5.74) is 2.86. The molecule has 7 rings (SSSR count). The molecule has 3 heterocycles. The molecule has 3 aromatic rings. The molecule has 7 atom stereocenters. The SMILES string of the molecule is CO[C@]12C[C@H]3C(=O)N(c4ccccc4)C(=O)[C@H]3C[C@H]1[C@H](c1ccccc1)C1CC(c3ccccc3)ON1O2. The molecule has 3 aromatic carbocycles. The van der Waals surface area contributed by atoms with Crippen LogP contribution in [0.2, 0.25) is 0 Å². The highest BCUT2D eigenvalue weighted by Gasteiger charge is 2.66. The van der Waals surface area contributed by atoms with Crippen molar-refractivity contribution in [3.8, 4) is 0 Å². The van der Waals surface area contributed by atoms with Gasteiger partial charge in [-0.1, -0.05) is 84.1 Å². The Hall–Kier alpha value is -3.36. The van der Waals surface area contributed by atoms with E-state index in [9.17, 15) is 9.59 Å². The quantitative estimate of drug-likeness (QED) is 0.459. The van der Waals surface area contributed by atoms with Gasteiger partial charge in [0.1, 0.15) is 6.10 Å². The summed E-state index contributed by atoms with van der Waals surface area (Å²) in [6, 6.07) is 29.6. The second kappa shape index (κ2) is 9.13. The van der Waals surface area contributed by atoms with Crippen molar-refractivity contribution in [2.24, 2.45) is 17.8 Å². The number of hydrogen-bond donors (Lipinski definition) is 0. The van der Waals surface area contributed by atoms with Gasteiger partial charge in [-0.2, -0.15) is 0 Å². The minimum absolute atomic E-state index is 0.00626. The molecule has 4 fully saturated rings. The van der Waals surface area contributed by atoms with Gasteiger partial charge in [0.05, 0.1) is 23.6 Å². The highest BCUT2D eigenvalue weighted by molar-refractivity contribution is 6.22. The number of benzene rings is 3. The lowest BCUT2D eigenvalue weighted by Crippen LogP contribution is -2.62. The van der Waals surface area contributed by atoms with Crippen molar-refractivity contribution in [1.29, 1.82) is 0 Å². The molecule has 7 heteroatoms. The van der Waals surface area contributed by atoms with E-state index < -0.39 is 17.6 Å². The van der Waals surface area contributed by atoms with Crippen molar-refractivity contribution in [3.63, 3.8) is 0 Å². The van der Waals surface area contributed by atoms with Crippen LogP contribution in [-0.2, 0) is 24.0 Å². The summed E-state index contributed by atoms with van der Waals surface area (Å²) >= 11 is 0. The minimum Gasteiger partial charge on any atom is -0.351 e. The fourth-order valence-corrected chi connectivity index (χ4v) is 7.15. The van der Waals surface area contributed by atoms with Crippen LogP contribution >= 0.6 is 0 Å². The highest BCUT2D eigenvalue weighted by atomic mass is 17.0. The lowest BCUT2D eigenvalue weighted by Gasteiger charge is -2.54. The normalized spacial score (nSPS) is 34.6. The van der Waals surface area contributed by atoms with Crippen LogP contribution < -0.4 is 4.90 Å². The van der Waals surface area contributed by atoms with Crippen LogP contribution in [0.25, 0.3) is 0 Å². The van der Waals surface area contributed by atoms with E-state index in [-0.39, 0.29) is 35.8 Å². The number of rotatable bonds is 4. The van der Waals surface area contributed by atoms with Crippen LogP contribution in [0.1, 0.15) is 42.4 Å². The van der Waals surface area contributed by atoms with E-state index in [0.717, 1.165) is 17.5 Å².